The van der Waals surface area contributed by atoms with Crippen LogP contribution in [0.5, 0.6) is 0 Å². The van der Waals surface area contributed by atoms with E-state index in [1.54, 1.807) is 198 Å². The zero-order chi connectivity index (χ0) is 67.8. The predicted molar refractivity (Wildman–Crippen MR) is 353 cm³/mol. The molecule has 6 N–H and O–H groups in total. The lowest BCUT2D eigenvalue weighted by Crippen LogP contribution is -2.67. The number of amides is 3. The zero-order valence-corrected chi connectivity index (χ0v) is 55.1. The van der Waals surface area contributed by atoms with Gasteiger partial charge < -0.3 is 48.3 Å². The summed E-state index contributed by atoms with van der Waals surface area (Å²) in [5.41, 5.74) is 4.63. The minimum Gasteiger partial charge on any atom is -0.461 e. The van der Waals surface area contributed by atoms with E-state index in [0.29, 0.717) is 67.8 Å². The highest BCUT2D eigenvalue weighted by atomic mass is 16.6. The Morgan fingerprint density at radius 1 is 0.380 bits per heavy atom. The van der Waals surface area contributed by atoms with Gasteiger partial charge in [-0.2, -0.15) is 0 Å². The summed E-state index contributed by atoms with van der Waals surface area (Å²) in [7, 11) is 0. The van der Waals surface area contributed by atoms with E-state index in [1.807, 2.05) is 38.1 Å². The second kappa shape index (κ2) is 33.8. The Bertz CT molecular complexity index is 3370. The summed E-state index contributed by atoms with van der Waals surface area (Å²) in [6.45, 7) is 24.0. The number of aliphatic hydroxyl groups is 1. The van der Waals surface area contributed by atoms with Crippen LogP contribution in [-0.2, 0) is 70.3 Å². The minimum atomic E-state index is -0.815. The molecule has 0 aliphatic rings. The number of nitrogens with one attached hydrogen (secondary N) is 5. The molecule has 0 spiro atoms. The average molecular weight is 1270 g/mol. The van der Waals surface area contributed by atoms with Gasteiger partial charge in [0.1, 0.15) is 52.9 Å². The summed E-state index contributed by atoms with van der Waals surface area (Å²) in [6.07, 6.45) is 2.41. The second-order valence-corrected chi connectivity index (χ2v) is 26.1. The third-order valence-corrected chi connectivity index (χ3v) is 12.7. The summed E-state index contributed by atoms with van der Waals surface area (Å²) in [5, 5.41) is 22.4. The van der Waals surface area contributed by atoms with E-state index < -0.39 is 69.9 Å². The molecule has 0 fully saturated rings. The Balaban J connectivity index is 1.25. The van der Waals surface area contributed by atoms with Crippen LogP contribution >= 0.6 is 0 Å². The Hall–Kier alpha value is -9.92. The van der Waals surface area contributed by atoms with Crippen LogP contribution in [-0.4, -0.2) is 99.0 Å². The standard InChI is InChI=1S/C71H87N5O16/c1-46(2)72-55-31-21-50(22-32-55)38-89-65(82)76-59-33-23-51(24-34-59)39-90-64(81)73-56-29-19-49(20-30-56)37-54(44-91-66(83)74-57-25-15-47(16-26-57)35-52(40-85-60(77)68(3,4)5)41-86-61(78)69(6,7)8)45-92-67(84)75-58-27-17-48(18-28-58)36-53(42-87-62(79)70(9,10)11)43-88-63(80)71(12,13)14/h15-37,46,72H,38-45H2,1-14H3,(H,73,81)(H,74,83)(H,75,84)(H,76,82)/p+1. The van der Waals surface area contributed by atoms with Gasteiger partial charge in [-0.25, -0.2) is 14.4 Å². The fourth-order valence-corrected chi connectivity index (χ4v) is 7.52. The number of ether oxygens (including phenoxy) is 8. The predicted octanol–water partition coefficient (Wildman–Crippen LogP) is 13.1. The highest BCUT2D eigenvalue weighted by Gasteiger charge is 2.28. The number of hydrogen-bond donors (Lipinski definition) is 6. The van der Waals surface area contributed by atoms with Crippen molar-refractivity contribution in [3.63, 3.8) is 0 Å². The van der Waals surface area contributed by atoms with Gasteiger partial charge in [0, 0.05) is 57.6 Å². The van der Waals surface area contributed by atoms with Gasteiger partial charge in [-0.15, -0.1) is 4.99 Å². The Kier molecular flexibility index (Phi) is 26.7. The SMILES string of the molecule is CC(C)Nc1ccc(COC(=O)Nc2ccc(COC(=O)Nc3ccc(/C=C(\COC(=O)Nc4ccc(C=C(COC(=O)C(C)(C)C)COC(=O)C(C)(C)C)cc4)COC(O)=[NH+]c4ccc(C=C(COC(=O)C(C)(C)C)COC(=O)C(C)(C)C)cc4)cc3)cc2)cc1. The average Bonchev–Trinajstić information content (AvgIpc) is 1.52. The second-order valence-electron chi connectivity index (χ2n) is 26.1. The summed E-state index contributed by atoms with van der Waals surface area (Å²) in [5.74, 6) is -1.68. The molecule has 0 aromatic heterocycles. The van der Waals surface area contributed by atoms with Crippen molar-refractivity contribution in [1.29, 1.82) is 0 Å². The number of aliphatic hydroxyl groups excluding tert-OH is 1. The fourth-order valence-electron chi connectivity index (χ4n) is 7.52. The molecule has 5 aromatic carbocycles. The van der Waals surface area contributed by atoms with Crippen LogP contribution in [0, 0.1) is 21.7 Å². The van der Waals surface area contributed by atoms with Crippen LogP contribution in [0.1, 0.15) is 125 Å². The molecule has 21 heteroatoms. The number of carbonyl (C=O) groups excluding carboxylic acids is 7. The summed E-state index contributed by atoms with van der Waals surface area (Å²) >= 11 is 0. The highest BCUT2D eigenvalue weighted by Crippen LogP contribution is 2.24. The quantitative estimate of drug-likeness (QED) is 0.0137. The Morgan fingerprint density at radius 3 is 0.967 bits per heavy atom. The molecule has 0 heterocycles. The van der Waals surface area contributed by atoms with Gasteiger partial charge in [-0.3, -0.25) is 35.1 Å². The van der Waals surface area contributed by atoms with Crippen molar-refractivity contribution in [2.24, 2.45) is 21.7 Å². The fraction of sp³-hybridized carbons (Fsp3) is 0.380. The van der Waals surface area contributed by atoms with E-state index in [-0.39, 0.29) is 52.9 Å². The number of esters is 4. The van der Waals surface area contributed by atoms with Crippen molar-refractivity contribution in [3.05, 3.63) is 166 Å². The number of benzene rings is 5. The number of rotatable bonds is 25. The van der Waals surface area contributed by atoms with Gasteiger partial charge in [0.25, 0.3) is 0 Å². The molecule has 0 unspecified atom stereocenters. The van der Waals surface area contributed by atoms with Crippen molar-refractivity contribution in [2.45, 2.75) is 116 Å². The van der Waals surface area contributed by atoms with Gasteiger partial charge in [-0.05, 0) is 204 Å². The van der Waals surface area contributed by atoms with E-state index in [4.69, 9.17) is 37.9 Å². The van der Waals surface area contributed by atoms with Crippen LogP contribution < -0.4 is 26.3 Å². The monoisotopic (exact) mass is 1270 g/mol. The topological polar surface area (TPSA) is 276 Å². The van der Waals surface area contributed by atoms with E-state index in [0.717, 1.165) is 11.3 Å². The molecule has 492 valence electrons. The maximum Gasteiger partial charge on any atom is 0.551 e. The molecule has 0 aliphatic heterocycles. The third-order valence-electron chi connectivity index (χ3n) is 12.7. The molecule has 0 bridgehead atoms. The normalized spacial score (nSPS) is 11.9. The molecule has 5 aromatic rings. The van der Waals surface area contributed by atoms with Gasteiger partial charge in [-0.1, -0.05) is 48.5 Å². The van der Waals surface area contributed by atoms with Crippen LogP contribution in [0.2, 0.25) is 0 Å². The number of anilines is 4. The van der Waals surface area contributed by atoms with Crippen molar-refractivity contribution in [2.75, 3.05) is 60.9 Å². The molecule has 21 nitrogen and oxygen atoms in total. The van der Waals surface area contributed by atoms with Gasteiger partial charge in [0.2, 0.25) is 5.69 Å². The lowest BCUT2D eigenvalue weighted by molar-refractivity contribution is -0.381. The van der Waals surface area contributed by atoms with E-state index in [1.165, 1.54) is 0 Å². The smallest absolute Gasteiger partial charge is 0.461 e. The van der Waals surface area contributed by atoms with E-state index >= 15 is 0 Å². The minimum absolute atomic E-state index is 0.0622. The Labute approximate surface area is 538 Å². The van der Waals surface area contributed by atoms with Crippen LogP contribution in [0.4, 0.5) is 42.8 Å². The van der Waals surface area contributed by atoms with Crippen molar-refractivity contribution < 1.29 is 81.6 Å². The van der Waals surface area contributed by atoms with Gasteiger partial charge >= 0.3 is 48.2 Å². The van der Waals surface area contributed by atoms with E-state index in [9.17, 15) is 38.7 Å². The molecule has 0 saturated carbocycles. The van der Waals surface area contributed by atoms with Crippen molar-refractivity contribution in [3.8, 4) is 0 Å². The summed E-state index contributed by atoms with van der Waals surface area (Å²) in [4.78, 5) is 91.9. The highest BCUT2D eigenvalue weighted by molar-refractivity contribution is 5.87. The number of hydrogen-bond acceptors (Lipinski definition) is 16. The molecule has 3 amide bonds. The Morgan fingerprint density at radius 2 is 0.652 bits per heavy atom. The number of carbonyl (C=O) groups is 7. The first-order valence-electron chi connectivity index (χ1n) is 30.0. The first kappa shape index (κ1) is 72.8. The molecule has 0 atom stereocenters. The van der Waals surface area contributed by atoms with Gasteiger partial charge in [0.15, 0.2) is 0 Å². The summed E-state index contributed by atoms with van der Waals surface area (Å²) in [6, 6.07) is 34.8. The zero-order valence-electron chi connectivity index (χ0n) is 55.1. The maximum absolute atomic E-state index is 13.3. The van der Waals surface area contributed by atoms with Crippen LogP contribution in [0.3, 0.4) is 0 Å². The first-order valence-corrected chi connectivity index (χ1v) is 30.0. The van der Waals surface area contributed by atoms with Crippen LogP contribution in [0.25, 0.3) is 18.2 Å². The maximum atomic E-state index is 13.3. The molecule has 92 heavy (non-hydrogen) atoms. The third kappa shape index (κ3) is 27.0. The lowest BCUT2D eigenvalue weighted by atomic mass is 9.97. The van der Waals surface area contributed by atoms with E-state index in [2.05, 4.69) is 26.3 Å². The largest absolute Gasteiger partial charge is 0.551 e. The van der Waals surface area contributed by atoms with Gasteiger partial charge in [0.05, 0.1) is 21.7 Å². The molecular formula is C71H88N5O16+. The molecule has 0 aliphatic carbocycles. The molecule has 0 saturated heterocycles. The summed E-state index contributed by atoms with van der Waals surface area (Å²) < 4.78 is 44.4. The molecular weight excluding hydrogens is 1180 g/mol. The van der Waals surface area contributed by atoms with Crippen molar-refractivity contribution in [1.82, 2.24) is 0 Å². The molecule has 5 rings (SSSR count). The first-order chi connectivity index (χ1) is 43.2. The van der Waals surface area contributed by atoms with Crippen LogP contribution in [0.15, 0.2) is 138 Å². The molecule has 0 radical (unpaired) electrons. The van der Waals surface area contributed by atoms with Crippen molar-refractivity contribution >= 4 is 94.9 Å². The lowest BCUT2D eigenvalue weighted by Gasteiger charge is -2.20.